The highest BCUT2D eigenvalue weighted by Crippen LogP contribution is 2.29. The summed E-state index contributed by atoms with van der Waals surface area (Å²) in [6, 6.07) is 2.02. The molecule has 4 aromatic heterocycles. The molecule has 12 heteroatoms. The van der Waals surface area contributed by atoms with Crippen molar-refractivity contribution in [2.75, 3.05) is 18.0 Å². The van der Waals surface area contributed by atoms with E-state index in [9.17, 15) is 13.2 Å². The molecular formula is C19H18F3N9. The second-order valence-corrected chi connectivity index (χ2v) is 7.41. The van der Waals surface area contributed by atoms with Gasteiger partial charge in [-0.3, -0.25) is 4.40 Å². The van der Waals surface area contributed by atoms with E-state index in [0.29, 0.717) is 18.1 Å². The average molecular weight is 429 g/mol. The molecule has 0 bridgehead atoms. The third-order valence-electron chi connectivity index (χ3n) is 5.16. The highest BCUT2D eigenvalue weighted by molar-refractivity contribution is 5.58. The molecule has 2 N–H and O–H groups in total. The highest BCUT2D eigenvalue weighted by atomic mass is 19.4. The molecule has 4 aromatic rings. The Morgan fingerprint density at radius 3 is 2.74 bits per heavy atom. The second kappa shape index (κ2) is 7.30. The molecule has 9 nitrogen and oxygen atoms in total. The van der Waals surface area contributed by atoms with Gasteiger partial charge in [0.15, 0.2) is 17.2 Å². The van der Waals surface area contributed by atoms with E-state index < -0.39 is 11.9 Å². The summed E-state index contributed by atoms with van der Waals surface area (Å²) in [7, 11) is 0. The van der Waals surface area contributed by atoms with E-state index in [1.54, 1.807) is 24.8 Å². The number of nitrogens with one attached hydrogen (secondary N) is 2. The minimum atomic E-state index is -4.56. The Balaban J connectivity index is 1.49. The Kier molecular flexibility index (Phi) is 4.58. The van der Waals surface area contributed by atoms with Crippen molar-refractivity contribution >= 4 is 11.5 Å². The first kappa shape index (κ1) is 19.4. The van der Waals surface area contributed by atoms with Crippen molar-refractivity contribution in [3.05, 3.63) is 54.8 Å². The van der Waals surface area contributed by atoms with E-state index in [1.165, 1.54) is 10.6 Å². The van der Waals surface area contributed by atoms with Crippen molar-refractivity contribution in [2.45, 2.75) is 25.2 Å². The second-order valence-electron chi connectivity index (χ2n) is 7.41. The molecule has 1 saturated heterocycles. The summed E-state index contributed by atoms with van der Waals surface area (Å²) in [5, 5.41) is 3.52. The van der Waals surface area contributed by atoms with Crippen LogP contribution in [0.3, 0.4) is 0 Å². The average Bonchev–Trinajstić information content (AvgIpc) is 3.42. The third-order valence-corrected chi connectivity index (χ3v) is 5.16. The van der Waals surface area contributed by atoms with Gasteiger partial charge in [-0.2, -0.15) is 13.2 Å². The standard InChI is InChI=1S/C19H18F3N9/c1-11-7-30(8-13(28-11)12-4-23-10-27-12)16-2-3-24-18(29-16)14-5-26-17-6-25-15(9-31(14)17)19(20,21)22/h2-6,9-11,13,28H,7-8H2,1H3,(H,23,27). The number of piperazine rings is 1. The number of halogens is 3. The lowest BCUT2D eigenvalue weighted by Crippen LogP contribution is -2.51. The molecule has 0 radical (unpaired) electrons. The van der Waals surface area contributed by atoms with Crippen molar-refractivity contribution in [3.63, 3.8) is 0 Å². The zero-order valence-corrected chi connectivity index (χ0v) is 16.4. The lowest BCUT2D eigenvalue weighted by Gasteiger charge is -2.38. The van der Waals surface area contributed by atoms with Crippen molar-refractivity contribution in [2.24, 2.45) is 0 Å². The minimum absolute atomic E-state index is 0.0425. The van der Waals surface area contributed by atoms with Gasteiger partial charge in [0.1, 0.15) is 11.5 Å². The SMILES string of the molecule is CC1CN(c2ccnc(-c3cnc4cnc(C(F)(F)F)cn34)n2)CC(c2cnc[nH]2)N1. The monoisotopic (exact) mass is 429 g/mol. The molecule has 1 aliphatic heterocycles. The number of aromatic nitrogens is 7. The third kappa shape index (κ3) is 3.69. The summed E-state index contributed by atoms with van der Waals surface area (Å²) < 4.78 is 40.6. The van der Waals surface area contributed by atoms with Crippen molar-refractivity contribution in [1.29, 1.82) is 0 Å². The Morgan fingerprint density at radius 2 is 1.97 bits per heavy atom. The Hall–Kier alpha value is -3.54. The maximum absolute atomic E-state index is 13.1. The molecule has 0 amide bonds. The molecule has 2 atom stereocenters. The first-order chi connectivity index (χ1) is 14.9. The van der Waals surface area contributed by atoms with Crippen LogP contribution in [0, 0.1) is 0 Å². The summed E-state index contributed by atoms with van der Waals surface area (Å²) in [4.78, 5) is 25.8. The van der Waals surface area contributed by atoms with Crippen LogP contribution in [0.5, 0.6) is 0 Å². The number of alkyl halides is 3. The fraction of sp³-hybridized carbons (Fsp3) is 0.316. The summed E-state index contributed by atoms with van der Waals surface area (Å²) in [5.74, 6) is 0.969. The molecule has 0 spiro atoms. The Bertz CT molecular complexity index is 1200. The van der Waals surface area contributed by atoms with Gasteiger partial charge in [-0.05, 0) is 13.0 Å². The van der Waals surface area contributed by atoms with Gasteiger partial charge in [0, 0.05) is 37.7 Å². The normalized spacial score (nSPS) is 19.8. The zero-order chi connectivity index (χ0) is 21.6. The van der Waals surface area contributed by atoms with Crippen LogP contribution >= 0.6 is 0 Å². The summed E-state index contributed by atoms with van der Waals surface area (Å²) in [5.41, 5.74) is 0.610. The van der Waals surface area contributed by atoms with E-state index in [2.05, 4.69) is 47.0 Å². The number of hydrogen-bond donors (Lipinski definition) is 2. The van der Waals surface area contributed by atoms with Crippen LogP contribution < -0.4 is 10.2 Å². The van der Waals surface area contributed by atoms with Crippen LogP contribution in [0.4, 0.5) is 19.0 Å². The Morgan fingerprint density at radius 1 is 1.10 bits per heavy atom. The van der Waals surface area contributed by atoms with Gasteiger partial charge in [-0.15, -0.1) is 0 Å². The summed E-state index contributed by atoms with van der Waals surface area (Å²) >= 11 is 0. The number of aromatic amines is 1. The molecule has 0 saturated carbocycles. The number of hydrogen-bond acceptors (Lipinski definition) is 7. The topological polar surface area (TPSA) is 99.9 Å². The van der Waals surface area contributed by atoms with Gasteiger partial charge in [-0.1, -0.05) is 0 Å². The molecular weight excluding hydrogens is 411 g/mol. The molecule has 2 unspecified atom stereocenters. The van der Waals surface area contributed by atoms with E-state index in [1.807, 2.05) is 0 Å². The first-order valence-electron chi connectivity index (χ1n) is 9.61. The summed E-state index contributed by atoms with van der Waals surface area (Å²) in [6.07, 6.45) is 3.90. The zero-order valence-electron chi connectivity index (χ0n) is 16.4. The number of nitrogens with zero attached hydrogens (tertiary/aromatic N) is 7. The van der Waals surface area contributed by atoms with Gasteiger partial charge >= 0.3 is 6.18 Å². The quantitative estimate of drug-likeness (QED) is 0.516. The van der Waals surface area contributed by atoms with Crippen LogP contribution in [0.15, 0.2) is 43.4 Å². The van der Waals surface area contributed by atoms with Gasteiger partial charge in [0.2, 0.25) is 0 Å². The highest BCUT2D eigenvalue weighted by Gasteiger charge is 2.33. The predicted molar refractivity (Wildman–Crippen MR) is 105 cm³/mol. The predicted octanol–water partition coefficient (Wildman–Crippen LogP) is 2.47. The fourth-order valence-electron chi connectivity index (χ4n) is 3.76. The molecule has 160 valence electrons. The van der Waals surface area contributed by atoms with Crippen LogP contribution in [-0.4, -0.2) is 53.4 Å². The smallest absolute Gasteiger partial charge is 0.353 e. The van der Waals surface area contributed by atoms with Crippen molar-refractivity contribution < 1.29 is 13.2 Å². The molecule has 5 heterocycles. The molecule has 5 rings (SSSR count). The lowest BCUT2D eigenvalue weighted by molar-refractivity contribution is -0.141. The molecule has 1 fully saturated rings. The van der Waals surface area contributed by atoms with Gasteiger partial charge in [-0.25, -0.2) is 24.9 Å². The number of rotatable bonds is 3. The van der Waals surface area contributed by atoms with Crippen LogP contribution in [0.2, 0.25) is 0 Å². The Labute approximate surface area is 174 Å². The van der Waals surface area contributed by atoms with E-state index in [4.69, 9.17) is 0 Å². The lowest BCUT2D eigenvalue weighted by atomic mass is 10.1. The van der Waals surface area contributed by atoms with Gasteiger partial charge < -0.3 is 15.2 Å². The molecule has 0 aromatic carbocycles. The van der Waals surface area contributed by atoms with Crippen molar-refractivity contribution in [1.82, 2.24) is 39.6 Å². The maximum atomic E-state index is 13.1. The summed E-state index contributed by atoms with van der Waals surface area (Å²) in [6.45, 7) is 3.45. The minimum Gasteiger partial charge on any atom is -0.353 e. The molecule has 31 heavy (non-hydrogen) atoms. The van der Waals surface area contributed by atoms with E-state index >= 15 is 0 Å². The van der Waals surface area contributed by atoms with Crippen LogP contribution in [0.1, 0.15) is 24.4 Å². The molecule has 0 aliphatic carbocycles. The number of imidazole rings is 2. The largest absolute Gasteiger partial charge is 0.434 e. The van der Waals surface area contributed by atoms with Gasteiger partial charge in [0.05, 0.1) is 30.5 Å². The number of H-pyrrole nitrogens is 1. The van der Waals surface area contributed by atoms with Crippen LogP contribution in [-0.2, 0) is 6.18 Å². The number of fused-ring (bicyclic) bond motifs is 1. The maximum Gasteiger partial charge on any atom is 0.434 e. The number of anilines is 1. The first-order valence-corrected chi connectivity index (χ1v) is 9.61. The van der Waals surface area contributed by atoms with E-state index in [0.717, 1.165) is 24.6 Å². The van der Waals surface area contributed by atoms with Gasteiger partial charge in [0.25, 0.3) is 0 Å². The molecule has 1 aliphatic rings. The van der Waals surface area contributed by atoms with Crippen molar-refractivity contribution in [3.8, 4) is 11.5 Å². The van der Waals surface area contributed by atoms with E-state index in [-0.39, 0.29) is 23.6 Å². The van der Waals surface area contributed by atoms with Crippen LogP contribution in [0.25, 0.3) is 17.2 Å². The fourth-order valence-corrected chi connectivity index (χ4v) is 3.76.